The van der Waals surface area contributed by atoms with Crippen molar-refractivity contribution in [3.63, 3.8) is 0 Å². The summed E-state index contributed by atoms with van der Waals surface area (Å²) < 4.78 is 22.4. The zero-order chi connectivity index (χ0) is 26.4. The lowest BCUT2D eigenvalue weighted by molar-refractivity contribution is 0.0526. The van der Waals surface area contributed by atoms with Gasteiger partial charge in [0.1, 0.15) is 12.4 Å². The van der Waals surface area contributed by atoms with E-state index >= 15 is 0 Å². The normalized spacial score (nSPS) is 14.4. The van der Waals surface area contributed by atoms with Crippen molar-refractivity contribution in [1.29, 1.82) is 0 Å². The van der Waals surface area contributed by atoms with Crippen molar-refractivity contribution in [2.75, 3.05) is 39.3 Å². The van der Waals surface area contributed by atoms with Crippen LogP contribution in [0.4, 0.5) is 5.69 Å². The third kappa shape index (κ3) is 6.26. The van der Waals surface area contributed by atoms with Gasteiger partial charge in [-0.25, -0.2) is 4.79 Å². The maximum absolute atomic E-state index is 12.0. The summed E-state index contributed by atoms with van der Waals surface area (Å²) in [6.07, 6.45) is 0.781. The molecule has 0 saturated heterocycles. The Morgan fingerprint density at radius 3 is 2.38 bits per heavy atom. The predicted octanol–water partition coefficient (Wildman–Crippen LogP) is 5.91. The lowest BCUT2D eigenvalue weighted by Crippen LogP contribution is -2.44. The molecule has 4 rings (SSSR count). The minimum absolute atomic E-state index is 0.194. The molecule has 0 fully saturated rings. The van der Waals surface area contributed by atoms with Crippen LogP contribution >= 0.6 is 23.8 Å². The van der Waals surface area contributed by atoms with E-state index in [0.717, 1.165) is 23.2 Å². The fourth-order valence-electron chi connectivity index (χ4n) is 4.26. The molecule has 1 heterocycles. The van der Waals surface area contributed by atoms with Crippen molar-refractivity contribution >= 4 is 40.6 Å². The lowest BCUT2D eigenvalue weighted by atomic mass is 9.92. The molecule has 37 heavy (non-hydrogen) atoms. The quantitative estimate of drug-likeness (QED) is 0.279. The number of carbonyl (C=O) groups excluding carboxylic acids is 1. The molecule has 1 aliphatic rings. The first-order valence-corrected chi connectivity index (χ1v) is 12.7. The van der Waals surface area contributed by atoms with Crippen LogP contribution in [-0.4, -0.2) is 50.0 Å². The minimum Gasteiger partial charge on any atom is -0.493 e. The molecule has 0 spiro atoms. The van der Waals surface area contributed by atoms with E-state index in [1.54, 1.807) is 45.4 Å². The third-order valence-electron chi connectivity index (χ3n) is 6.13. The molecule has 0 radical (unpaired) electrons. The number of benzene rings is 3. The number of anilines is 1. The number of halogens is 1. The molecule has 3 aromatic rings. The van der Waals surface area contributed by atoms with Crippen LogP contribution in [0, 0.1) is 0 Å². The second-order valence-electron chi connectivity index (χ2n) is 8.36. The van der Waals surface area contributed by atoms with Crippen LogP contribution in [0.2, 0.25) is 5.02 Å². The van der Waals surface area contributed by atoms with Gasteiger partial charge in [-0.3, -0.25) is 0 Å². The van der Waals surface area contributed by atoms with Gasteiger partial charge in [-0.1, -0.05) is 11.6 Å². The highest BCUT2D eigenvalue weighted by Gasteiger charge is 2.31. The Hall–Kier alpha value is -3.49. The second kappa shape index (κ2) is 12.2. The van der Waals surface area contributed by atoms with Crippen molar-refractivity contribution in [3.05, 3.63) is 82.4 Å². The molecule has 1 atom stereocenters. The first-order valence-electron chi connectivity index (χ1n) is 11.9. The number of esters is 1. The van der Waals surface area contributed by atoms with E-state index < -0.39 is 0 Å². The molecule has 0 amide bonds. The Kier molecular flexibility index (Phi) is 8.74. The Bertz CT molecular complexity index is 1250. The molecular weight excluding hydrogens is 512 g/mol. The van der Waals surface area contributed by atoms with Crippen LogP contribution < -0.4 is 19.5 Å². The molecule has 194 valence electrons. The van der Waals surface area contributed by atoms with Crippen LogP contribution in [0.25, 0.3) is 0 Å². The average molecular weight is 541 g/mol. The van der Waals surface area contributed by atoms with Crippen molar-refractivity contribution in [3.8, 4) is 17.2 Å². The van der Waals surface area contributed by atoms with E-state index in [1.807, 2.05) is 36.4 Å². The number of hydrogen-bond donors (Lipinski definition) is 1. The number of nitrogens with zero attached hydrogens (tertiary/aromatic N) is 1. The Balaban J connectivity index is 1.59. The first kappa shape index (κ1) is 26.6. The summed E-state index contributed by atoms with van der Waals surface area (Å²) in [4.78, 5) is 14.1. The third-order valence-corrected chi connectivity index (χ3v) is 6.72. The number of rotatable bonds is 8. The summed E-state index contributed by atoms with van der Waals surface area (Å²) in [6.45, 7) is 3.12. The number of fused-ring (bicyclic) bond motifs is 1. The molecule has 0 saturated carbocycles. The van der Waals surface area contributed by atoms with E-state index in [1.165, 1.54) is 0 Å². The minimum atomic E-state index is -0.360. The average Bonchev–Trinajstić information content (AvgIpc) is 2.92. The zero-order valence-corrected chi connectivity index (χ0v) is 22.5. The Morgan fingerprint density at radius 1 is 1.05 bits per heavy atom. The summed E-state index contributed by atoms with van der Waals surface area (Å²) in [5.41, 5.74) is 3.52. The number of carbonyl (C=O) groups is 1. The van der Waals surface area contributed by atoms with Crippen molar-refractivity contribution < 1.29 is 23.7 Å². The Labute approximate surface area is 227 Å². The molecule has 7 nitrogen and oxygen atoms in total. The number of thiocarbonyl (C=S) groups is 1. The van der Waals surface area contributed by atoms with Gasteiger partial charge in [-0.15, -0.1) is 0 Å². The number of methoxy groups -OCH3 is 2. The number of ether oxygens (including phenoxy) is 4. The molecule has 1 aliphatic heterocycles. The van der Waals surface area contributed by atoms with Crippen LogP contribution in [0.3, 0.4) is 0 Å². The summed E-state index contributed by atoms with van der Waals surface area (Å²) in [6, 6.07) is 18.1. The van der Waals surface area contributed by atoms with Crippen molar-refractivity contribution in [1.82, 2.24) is 4.90 Å². The summed E-state index contributed by atoms with van der Waals surface area (Å²) in [7, 11) is 3.25. The number of nitrogens with one attached hydrogen (secondary N) is 1. The highest BCUT2D eigenvalue weighted by Crippen LogP contribution is 2.38. The summed E-state index contributed by atoms with van der Waals surface area (Å²) >= 11 is 11.9. The van der Waals surface area contributed by atoms with Gasteiger partial charge in [0.05, 0.1) is 32.4 Å². The van der Waals surface area contributed by atoms with Gasteiger partial charge in [0.15, 0.2) is 16.6 Å². The lowest BCUT2D eigenvalue weighted by Gasteiger charge is -2.39. The fraction of sp³-hybridized carbons (Fsp3) is 0.286. The fourth-order valence-corrected chi connectivity index (χ4v) is 4.72. The molecule has 3 aromatic carbocycles. The highest BCUT2D eigenvalue weighted by molar-refractivity contribution is 7.80. The molecule has 0 unspecified atom stereocenters. The second-order valence-corrected chi connectivity index (χ2v) is 9.18. The molecule has 0 aromatic heterocycles. The van der Waals surface area contributed by atoms with Crippen LogP contribution in [-0.2, 0) is 11.2 Å². The van der Waals surface area contributed by atoms with Crippen LogP contribution in [0.1, 0.15) is 34.5 Å². The smallest absolute Gasteiger partial charge is 0.338 e. The topological polar surface area (TPSA) is 69.3 Å². The maximum atomic E-state index is 12.0. The standard InChI is InChI=1S/C28H29ClN2O5S/c1-4-35-27(32)18-5-11-22(12-6-18)36-17-24-23-16-26(34-3)25(33-2)15-19(23)13-14-31(24)28(37)30-21-9-7-20(29)8-10-21/h5-12,15-16,24H,4,13-14,17H2,1-3H3,(H,30,37)/t24-/m1/s1. The molecule has 1 N–H and O–H groups in total. The van der Waals surface area contributed by atoms with Gasteiger partial charge in [0.25, 0.3) is 0 Å². The van der Waals surface area contributed by atoms with E-state index in [2.05, 4.69) is 10.2 Å². The van der Waals surface area contributed by atoms with Gasteiger partial charge >= 0.3 is 5.97 Å². The van der Waals surface area contributed by atoms with Crippen LogP contribution in [0.15, 0.2) is 60.7 Å². The van der Waals surface area contributed by atoms with Crippen molar-refractivity contribution in [2.45, 2.75) is 19.4 Å². The van der Waals surface area contributed by atoms with E-state index in [-0.39, 0.29) is 12.0 Å². The Morgan fingerprint density at radius 2 is 1.73 bits per heavy atom. The maximum Gasteiger partial charge on any atom is 0.338 e. The summed E-state index contributed by atoms with van der Waals surface area (Å²) in [5.74, 6) is 1.60. The van der Waals surface area contributed by atoms with Crippen LogP contribution in [0.5, 0.6) is 17.2 Å². The van der Waals surface area contributed by atoms with Gasteiger partial charge in [0, 0.05) is 17.3 Å². The molecule has 0 bridgehead atoms. The molecule has 9 heteroatoms. The van der Waals surface area contributed by atoms with E-state index in [9.17, 15) is 4.79 Å². The monoisotopic (exact) mass is 540 g/mol. The van der Waals surface area contributed by atoms with E-state index in [0.29, 0.717) is 52.7 Å². The van der Waals surface area contributed by atoms with Crippen molar-refractivity contribution in [2.24, 2.45) is 0 Å². The van der Waals surface area contributed by atoms with Gasteiger partial charge in [-0.2, -0.15) is 0 Å². The van der Waals surface area contributed by atoms with Gasteiger partial charge < -0.3 is 29.2 Å². The SMILES string of the molecule is CCOC(=O)c1ccc(OC[C@@H]2c3cc(OC)c(OC)cc3CCN2C(=S)Nc2ccc(Cl)cc2)cc1. The first-order chi connectivity index (χ1) is 17.9. The summed E-state index contributed by atoms with van der Waals surface area (Å²) in [5, 5.41) is 4.55. The largest absolute Gasteiger partial charge is 0.493 e. The number of hydrogen-bond acceptors (Lipinski definition) is 6. The van der Waals surface area contributed by atoms with Gasteiger partial charge in [-0.05, 0) is 97.4 Å². The predicted molar refractivity (Wildman–Crippen MR) is 148 cm³/mol. The zero-order valence-electron chi connectivity index (χ0n) is 21.0. The molecular formula is C28H29ClN2O5S. The van der Waals surface area contributed by atoms with E-state index in [4.69, 9.17) is 42.8 Å². The highest BCUT2D eigenvalue weighted by atomic mass is 35.5. The van der Waals surface area contributed by atoms with Gasteiger partial charge in [0.2, 0.25) is 0 Å². The molecule has 0 aliphatic carbocycles.